The van der Waals surface area contributed by atoms with Crippen LogP contribution in [0.3, 0.4) is 0 Å². The molecule has 0 aliphatic carbocycles. The number of aliphatic hydroxyl groups is 2. The maximum absolute atomic E-state index is 11.6. The Bertz CT molecular complexity index is 534. The van der Waals surface area contributed by atoms with Crippen molar-refractivity contribution in [2.45, 2.75) is 25.6 Å². The molecule has 0 radical (unpaired) electrons. The number of carbonyl (C=O) groups is 1. The minimum Gasteiger partial charge on any atom is -0.462 e. The van der Waals surface area contributed by atoms with E-state index in [1.807, 2.05) is 0 Å². The molecule has 2 unspecified atom stereocenters. The van der Waals surface area contributed by atoms with Gasteiger partial charge in [-0.25, -0.2) is 4.79 Å². The number of benzene rings is 1. The monoisotopic (exact) mass is 312 g/mol. The molecule has 0 fully saturated rings. The van der Waals surface area contributed by atoms with Crippen molar-refractivity contribution in [3.8, 4) is 0 Å². The van der Waals surface area contributed by atoms with Crippen molar-refractivity contribution >= 4 is 11.7 Å². The van der Waals surface area contributed by atoms with E-state index in [4.69, 9.17) is 4.74 Å². The molecule has 0 aliphatic heterocycles. The minimum atomic E-state index is -1.41. The number of esters is 1. The van der Waals surface area contributed by atoms with E-state index in [0.717, 1.165) is 6.07 Å². The first-order chi connectivity index (χ1) is 10.4. The zero-order chi connectivity index (χ0) is 16.7. The molecule has 0 bridgehead atoms. The summed E-state index contributed by atoms with van der Waals surface area (Å²) < 4.78 is 4.78. The van der Waals surface area contributed by atoms with Crippen molar-refractivity contribution in [2.75, 3.05) is 20.2 Å². The van der Waals surface area contributed by atoms with Crippen molar-refractivity contribution in [2.24, 2.45) is 0 Å². The molecule has 0 aliphatic rings. The van der Waals surface area contributed by atoms with Crippen LogP contribution in [-0.2, 0) is 4.74 Å². The molecule has 0 heterocycles. The molecule has 0 saturated carbocycles. The molecule has 1 rings (SSSR count). The predicted molar refractivity (Wildman–Crippen MR) is 78.6 cm³/mol. The number of nitro groups is 1. The second-order valence-corrected chi connectivity index (χ2v) is 4.66. The van der Waals surface area contributed by atoms with E-state index >= 15 is 0 Å². The van der Waals surface area contributed by atoms with Gasteiger partial charge in [-0.05, 0) is 39.1 Å². The zero-order valence-electron chi connectivity index (χ0n) is 12.5. The van der Waals surface area contributed by atoms with Gasteiger partial charge in [0.05, 0.1) is 28.8 Å². The van der Waals surface area contributed by atoms with Gasteiger partial charge in [0.2, 0.25) is 0 Å². The van der Waals surface area contributed by atoms with E-state index in [-0.39, 0.29) is 24.2 Å². The van der Waals surface area contributed by atoms with Crippen LogP contribution in [0, 0.1) is 10.1 Å². The number of rotatable bonds is 8. The van der Waals surface area contributed by atoms with Crippen LogP contribution in [0.4, 0.5) is 5.69 Å². The summed E-state index contributed by atoms with van der Waals surface area (Å²) in [6.07, 6.45) is -2.33. The molecule has 0 aromatic heterocycles. The van der Waals surface area contributed by atoms with E-state index in [0.29, 0.717) is 6.54 Å². The number of hydrogen-bond donors (Lipinski definition) is 3. The molecular formula is C14H20N2O6. The van der Waals surface area contributed by atoms with E-state index < -0.39 is 28.8 Å². The molecule has 122 valence electrons. The number of nitrogens with zero attached hydrogens (tertiary/aromatic N) is 1. The summed E-state index contributed by atoms with van der Waals surface area (Å²) >= 11 is 0. The Morgan fingerprint density at radius 3 is 2.68 bits per heavy atom. The number of ether oxygens (including phenoxy) is 1. The largest absolute Gasteiger partial charge is 0.462 e. The highest BCUT2D eigenvalue weighted by Crippen LogP contribution is 2.29. The van der Waals surface area contributed by atoms with Crippen LogP contribution in [0.1, 0.15) is 35.4 Å². The van der Waals surface area contributed by atoms with Crippen LogP contribution in [0.2, 0.25) is 0 Å². The van der Waals surface area contributed by atoms with Crippen molar-refractivity contribution in [3.63, 3.8) is 0 Å². The van der Waals surface area contributed by atoms with Gasteiger partial charge in [0.25, 0.3) is 5.69 Å². The van der Waals surface area contributed by atoms with Crippen LogP contribution in [0.15, 0.2) is 18.2 Å². The molecule has 0 amide bonds. The SMILES string of the molecule is CCOC(=O)c1ccc(C(O)C(O)CCNC)c([N+](=O)[O-])c1. The summed E-state index contributed by atoms with van der Waals surface area (Å²) in [5.41, 5.74) is -0.447. The Labute approximate surface area is 127 Å². The molecule has 8 nitrogen and oxygen atoms in total. The van der Waals surface area contributed by atoms with E-state index in [9.17, 15) is 25.1 Å². The molecule has 22 heavy (non-hydrogen) atoms. The third-order valence-corrected chi connectivity index (χ3v) is 3.11. The molecule has 8 heteroatoms. The maximum atomic E-state index is 11.6. The summed E-state index contributed by atoms with van der Waals surface area (Å²) in [7, 11) is 1.69. The number of aliphatic hydroxyl groups excluding tert-OH is 2. The average molecular weight is 312 g/mol. The highest BCUT2D eigenvalue weighted by Gasteiger charge is 2.27. The van der Waals surface area contributed by atoms with Gasteiger partial charge in [-0.15, -0.1) is 0 Å². The molecule has 3 N–H and O–H groups in total. The van der Waals surface area contributed by atoms with E-state index in [1.165, 1.54) is 12.1 Å². The first kappa shape index (κ1) is 18.0. The number of nitrogens with one attached hydrogen (secondary N) is 1. The minimum absolute atomic E-state index is 0.0224. The molecular weight excluding hydrogens is 292 g/mol. The van der Waals surface area contributed by atoms with Gasteiger partial charge >= 0.3 is 5.97 Å². The Morgan fingerprint density at radius 1 is 1.45 bits per heavy atom. The molecule has 0 spiro atoms. The highest BCUT2D eigenvalue weighted by molar-refractivity contribution is 5.90. The zero-order valence-corrected chi connectivity index (χ0v) is 12.5. The first-order valence-electron chi connectivity index (χ1n) is 6.88. The van der Waals surface area contributed by atoms with Crippen LogP contribution in [0.25, 0.3) is 0 Å². The summed E-state index contributed by atoms with van der Waals surface area (Å²) in [4.78, 5) is 22.1. The average Bonchev–Trinajstić information content (AvgIpc) is 2.51. The normalized spacial score (nSPS) is 13.5. The number of carbonyl (C=O) groups excluding carboxylic acids is 1. The third-order valence-electron chi connectivity index (χ3n) is 3.11. The van der Waals surface area contributed by atoms with Gasteiger partial charge in [-0.2, -0.15) is 0 Å². The third kappa shape index (κ3) is 4.48. The lowest BCUT2D eigenvalue weighted by Crippen LogP contribution is -2.24. The van der Waals surface area contributed by atoms with Crippen molar-refractivity contribution in [1.82, 2.24) is 5.32 Å². The van der Waals surface area contributed by atoms with Gasteiger partial charge in [-0.1, -0.05) is 0 Å². The lowest BCUT2D eigenvalue weighted by molar-refractivity contribution is -0.386. The first-order valence-corrected chi connectivity index (χ1v) is 6.88. The summed E-state index contributed by atoms with van der Waals surface area (Å²) in [6.45, 7) is 2.23. The standard InChI is InChI=1S/C14H20N2O6/c1-3-22-14(19)9-4-5-10(11(8-9)16(20)21)13(18)12(17)6-7-15-2/h4-5,8,12-13,15,17-18H,3,6-7H2,1-2H3. The van der Waals surface area contributed by atoms with Crippen LogP contribution in [-0.4, -0.2) is 47.4 Å². The van der Waals surface area contributed by atoms with Gasteiger partial charge in [0.15, 0.2) is 0 Å². The molecule has 2 atom stereocenters. The molecule has 1 aromatic carbocycles. The Hall–Kier alpha value is -2.03. The quantitative estimate of drug-likeness (QED) is 0.368. The fourth-order valence-corrected chi connectivity index (χ4v) is 1.95. The second kappa shape index (κ2) is 8.42. The van der Waals surface area contributed by atoms with Crippen LogP contribution >= 0.6 is 0 Å². The predicted octanol–water partition coefficient (Wildman–Crippen LogP) is 0.775. The lowest BCUT2D eigenvalue weighted by Gasteiger charge is -2.18. The van der Waals surface area contributed by atoms with Crippen LogP contribution < -0.4 is 5.32 Å². The summed E-state index contributed by atoms with van der Waals surface area (Å²) in [6, 6.07) is 3.63. The summed E-state index contributed by atoms with van der Waals surface area (Å²) in [5, 5.41) is 33.9. The highest BCUT2D eigenvalue weighted by atomic mass is 16.6. The van der Waals surface area contributed by atoms with E-state index in [2.05, 4.69) is 5.32 Å². The smallest absolute Gasteiger partial charge is 0.338 e. The van der Waals surface area contributed by atoms with Crippen LogP contribution in [0.5, 0.6) is 0 Å². The van der Waals surface area contributed by atoms with Crippen molar-refractivity contribution < 1.29 is 24.7 Å². The topological polar surface area (TPSA) is 122 Å². The second-order valence-electron chi connectivity index (χ2n) is 4.66. The Kier molecular flexibility index (Phi) is 6.90. The Morgan fingerprint density at radius 2 is 2.14 bits per heavy atom. The number of nitro benzene ring substituents is 1. The van der Waals surface area contributed by atoms with Crippen molar-refractivity contribution in [3.05, 3.63) is 39.4 Å². The molecule has 0 saturated heterocycles. The van der Waals surface area contributed by atoms with Gasteiger partial charge in [0, 0.05) is 6.07 Å². The fraction of sp³-hybridized carbons (Fsp3) is 0.500. The van der Waals surface area contributed by atoms with Gasteiger partial charge < -0.3 is 20.3 Å². The van der Waals surface area contributed by atoms with Gasteiger partial charge in [-0.3, -0.25) is 10.1 Å². The summed E-state index contributed by atoms with van der Waals surface area (Å²) in [5.74, 6) is -0.678. The van der Waals surface area contributed by atoms with E-state index in [1.54, 1.807) is 14.0 Å². The van der Waals surface area contributed by atoms with Crippen molar-refractivity contribution in [1.29, 1.82) is 0 Å². The fourth-order valence-electron chi connectivity index (χ4n) is 1.95. The lowest BCUT2D eigenvalue weighted by atomic mass is 9.98. The van der Waals surface area contributed by atoms with Gasteiger partial charge in [0.1, 0.15) is 6.10 Å². The molecule has 1 aromatic rings. The maximum Gasteiger partial charge on any atom is 0.338 e. The Balaban J connectivity index is 3.09. The number of hydrogen-bond acceptors (Lipinski definition) is 7.